The number of rotatable bonds is 9. The lowest BCUT2D eigenvalue weighted by Crippen LogP contribution is -2.25. The van der Waals surface area contributed by atoms with Crippen LogP contribution in [0.25, 0.3) is 0 Å². The molecular weight excluding hydrogens is 396 g/mol. The fraction of sp³-hybridized carbons (Fsp3) is 0.684. The zero-order chi connectivity index (χ0) is 19.7. The van der Waals surface area contributed by atoms with Gasteiger partial charge in [0.25, 0.3) is 0 Å². The third-order valence-electron chi connectivity index (χ3n) is 5.27. The number of imidazole rings is 1. The summed E-state index contributed by atoms with van der Waals surface area (Å²) in [6.07, 6.45) is 5.80. The first-order valence-corrected chi connectivity index (χ1v) is 12.4. The van der Waals surface area contributed by atoms with Crippen LogP contribution in [0.1, 0.15) is 42.1 Å². The number of aromatic nitrogens is 3. The van der Waals surface area contributed by atoms with Gasteiger partial charge in [-0.2, -0.15) is 0 Å². The van der Waals surface area contributed by atoms with Gasteiger partial charge in [-0.15, -0.1) is 11.3 Å². The van der Waals surface area contributed by atoms with Crippen LogP contribution in [0.3, 0.4) is 0 Å². The first-order valence-electron chi connectivity index (χ1n) is 9.89. The van der Waals surface area contributed by atoms with Crippen molar-refractivity contribution in [2.75, 3.05) is 19.4 Å². The molecule has 0 amide bonds. The zero-order valence-corrected chi connectivity index (χ0v) is 18.1. The minimum absolute atomic E-state index is 0.0642. The molecule has 28 heavy (non-hydrogen) atoms. The lowest BCUT2D eigenvalue weighted by molar-refractivity contribution is 0.0934. The fourth-order valence-corrected chi connectivity index (χ4v) is 6.16. The Kier molecular flexibility index (Phi) is 5.87. The number of aryl methyl sites for hydroxylation is 1. The van der Waals surface area contributed by atoms with Crippen molar-refractivity contribution in [2.45, 2.75) is 63.5 Å². The Hall–Kier alpha value is -1.29. The summed E-state index contributed by atoms with van der Waals surface area (Å²) in [5, 5.41) is 3.34. The molecule has 0 unspecified atom stereocenters. The third kappa shape index (κ3) is 4.82. The summed E-state index contributed by atoms with van der Waals surface area (Å²) in [6, 6.07) is 0. The van der Waals surface area contributed by atoms with Crippen LogP contribution in [0, 0.1) is 12.8 Å². The minimum Gasteiger partial charge on any atom is -0.376 e. The molecule has 0 spiro atoms. The van der Waals surface area contributed by atoms with Crippen LogP contribution in [-0.4, -0.2) is 53.4 Å². The van der Waals surface area contributed by atoms with E-state index in [9.17, 15) is 8.42 Å². The fourth-order valence-electron chi connectivity index (χ4n) is 3.71. The Morgan fingerprint density at radius 1 is 1.32 bits per heavy atom. The third-order valence-corrected chi connectivity index (χ3v) is 7.89. The predicted molar refractivity (Wildman–Crippen MR) is 108 cm³/mol. The molecule has 1 aliphatic carbocycles. The molecule has 0 aromatic carbocycles. The summed E-state index contributed by atoms with van der Waals surface area (Å²) in [5.74, 6) is 0.514. The quantitative estimate of drug-likeness (QED) is 0.616. The molecule has 154 valence electrons. The molecule has 4 rings (SSSR count). The smallest absolute Gasteiger partial charge is 0.227 e. The van der Waals surface area contributed by atoms with Crippen LogP contribution < -0.4 is 0 Å². The Balaban J connectivity index is 1.54. The highest BCUT2D eigenvalue weighted by molar-refractivity contribution is 7.91. The molecular formula is C19H28N4O3S2. The van der Waals surface area contributed by atoms with E-state index in [-0.39, 0.29) is 17.0 Å². The van der Waals surface area contributed by atoms with Crippen molar-refractivity contribution in [3.8, 4) is 0 Å². The number of sulfone groups is 1. The first kappa shape index (κ1) is 20.0. The number of hydrogen-bond donors (Lipinski definition) is 0. The lowest BCUT2D eigenvalue weighted by atomic mass is 10.2. The van der Waals surface area contributed by atoms with E-state index in [1.807, 2.05) is 18.5 Å². The van der Waals surface area contributed by atoms with E-state index in [1.54, 1.807) is 17.5 Å². The van der Waals surface area contributed by atoms with Crippen LogP contribution >= 0.6 is 11.3 Å². The molecule has 2 aromatic rings. The van der Waals surface area contributed by atoms with Crippen LogP contribution in [0.15, 0.2) is 16.7 Å². The number of nitrogens with zero attached hydrogens (tertiary/aromatic N) is 4. The van der Waals surface area contributed by atoms with E-state index in [2.05, 4.69) is 20.2 Å². The topological polar surface area (TPSA) is 77.3 Å². The van der Waals surface area contributed by atoms with Crippen molar-refractivity contribution in [1.29, 1.82) is 0 Å². The van der Waals surface area contributed by atoms with E-state index in [0.717, 1.165) is 55.2 Å². The standard InChI is InChI=1S/C19H28N4O3S2/c1-14-21-16(12-27-14)9-22(2)10-17-8-20-19(28(24,25)13-15-5-6-15)23(17)11-18-4-3-7-26-18/h8,12,15,18H,3-7,9-11,13H2,1-2H3/t18-/m0/s1. The van der Waals surface area contributed by atoms with Crippen LogP contribution in [0.5, 0.6) is 0 Å². The van der Waals surface area contributed by atoms with Gasteiger partial charge in [-0.25, -0.2) is 18.4 Å². The van der Waals surface area contributed by atoms with Gasteiger partial charge in [0.1, 0.15) is 0 Å². The summed E-state index contributed by atoms with van der Waals surface area (Å²) >= 11 is 1.65. The summed E-state index contributed by atoms with van der Waals surface area (Å²) in [6.45, 7) is 4.65. The normalized spacial score (nSPS) is 20.3. The average Bonchev–Trinajstić information content (AvgIpc) is 3.01. The highest BCUT2D eigenvalue weighted by atomic mass is 32.2. The maximum atomic E-state index is 12.9. The molecule has 3 heterocycles. The number of hydrogen-bond acceptors (Lipinski definition) is 7. The van der Waals surface area contributed by atoms with Crippen molar-refractivity contribution in [1.82, 2.24) is 19.4 Å². The van der Waals surface area contributed by atoms with Gasteiger partial charge in [0.05, 0.1) is 41.0 Å². The van der Waals surface area contributed by atoms with Gasteiger partial charge in [-0.05, 0) is 45.6 Å². The lowest BCUT2D eigenvalue weighted by Gasteiger charge is -2.20. The zero-order valence-electron chi connectivity index (χ0n) is 16.5. The monoisotopic (exact) mass is 424 g/mol. The molecule has 0 N–H and O–H groups in total. The van der Waals surface area contributed by atoms with E-state index >= 15 is 0 Å². The highest BCUT2D eigenvalue weighted by Crippen LogP contribution is 2.32. The number of thiazole rings is 1. The van der Waals surface area contributed by atoms with Crippen LogP contribution in [0.4, 0.5) is 0 Å². The SMILES string of the molecule is Cc1nc(CN(C)Cc2cnc(S(=O)(=O)CC3CC3)n2C[C@@H]2CCCO2)cs1. The van der Waals surface area contributed by atoms with Gasteiger partial charge in [0, 0.05) is 25.1 Å². The number of ether oxygens (including phenoxy) is 1. The van der Waals surface area contributed by atoms with Crippen LogP contribution in [0.2, 0.25) is 0 Å². The molecule has 2 aromatic heterocycles. The molecule has 2 fully saturated rings. The van der Waals surface area contributed by atoms with E-state index in [0.29, 0.717) is 19.0 Å². The molecule has 9 heteroatoms. The molecule has 1 saturated heterocycles. The van der Waals surface area contributed by atoms with Gasteiger partial charge in [0.2, 0.25) is 15.0 Å². The van der Waals surface area contributed by atoms with Gasteiger partial charge >= 0.3 is 0 Å². The van der Waals surface area contributed by atoms with Gasteiger partial charge in [-0.1, -0.05) is 0 Å². The van der Waals surface area contributed by atoms with Crippen molar-refractivity contribution in [3.05, 3.63) is 28.0 Å². The van der Waals surface area contributed by atoms with Crippen molar-refractivity contribution < 1.29 is 13.2 Å². The Morgan fingerprint density at radius 2 is 2.14 bits per heavy atom. The van der Waals surface area contributed by atoms with E-state index in [1.165, 1.54) is 0 Å². The molecule has 0 radical (unpaired) electrons. The summed E-state index contributed by atoms with van der Waals surface area (Å²) < 4.78 is 33.5. The van der Waals surface area contributed by atoms with Gasteiger partial charge in [-0.3, -0.25) is 4.90 Å². The summed E-state index contributed by atoms with van der Waals surface area (Å²) in [5.41, 5.74) is 1.95. The maximum absolute atomic E-state index is 12.9. The molecule has 1 saturated carbocycles. The minimum atomic E-state index is -3.37. The average molecular weight is 425 g/mol. The second kappa shape index (κ2) is 8.22. The molecule has 1 atom stereocenters. The second-order valence-electron chi connectivity index (χ2n) is 8.03. The van der Waals surface area contributed by atoms with Gasteiger partial charge in [0.15, 0.2) is 0 Å². The Morgan fingerprint density at radius 3 is 2.79 bits per heavy atom. The van der Waals surface area contributed by atoms with Crippen LogP contribution in [-0.2, 0) is 34.2 Å². The second-order valence-corrected chi connectivity index (χ2v) is 11.0. The van der Waals surface area contributed by atoms with Crippen molar-refractivity contribution in [2.24, 2.45) is 5.92 Å². The molecule has 7 nitrogen and oxygen atoms in total. The predicted octanol–water partition coefficient (Wildman–Crippen LogP) is 2.64. The highest BCUT2D eigenvalue weighted by Gasteiger charge is 2.33. The molecule has 0 bridgehead atoms. The Labute approximate surface area is 170 Å². The summed E-state index contributed by atoms with van der Waals surface area (Å²) in [4.78, 5) is 11.0. The molecule has 2 aliphatic rings. The van der Waals surface area contributed by atoms with Gasteiger partial charge < -0.3 is 9.30 Å². The van der Waals surface area contributed by atoms with E-state index < -0.39 is 9.84 Å². The Bertz CT molecular complexity index is 912. The molecule has 1 aliphatic heterocycles. The maximum Gasteiger partial charge on any atom is 0.227 e. The largest absolute Gasteiger partial charge is 0.376 e. The van der Waals surface area contributed by atoms with Crippen molar-refractivity contribution in [3.63, 3.8) is 0 Å². The first-order chi connectivity index (χ1) is 13.4. The van der Waals surface area contributed by atoms with E-state index in [4.69, 9.17) is 4.74 Å². The summed E-state index contributed by atoms with van der Waals surface area (Å²) in [7, 11) is -1.35. The van der Waals surface area contributed by atoms with Crippen molar-refractivity contribution >= 4 is 21.2 Å².